The lowest BCUT2D eigenvalue weighted by atomic mass is 10.1. The normalized spacial score (nSPS) is 11.8. The number of nitrogens with zero attached hydrogens (tertiary/aromatic N) is 1. The van der Waals surface area contributed by atoms with Gasteiger partial charge in [0.2, 0.25) is 0 Å². The van der Waals surface area contributed by atoms with Crippen LogP contribution in [0, 0.1) is 17.9 Å². The topological polar surface area (TPSA) is 79.9 Å². The minimum atomic E-state index is -0.272. The third-order valence-corrected chi connectivity index (χ3v) is 6.94. The molecule has 0 saturated carbocycles. The summed E-state index contributed by atoms with van der Waals surface area (Å²) in [6.45, 7) is 12.2. The van der Waals surface area contributed by atoms with Crippen LogP contribution < -0.4 is 10.6 Å². The molecule has 0 radical (unpaired) electrons. The van der Waals surface area contributed by atoms with Crippen molar-refractivity contribution < 1.29 is 19.1 Å². The second kappa shape index (κ2) is 17.7. The summed E-state index contributed by atoms with van der Waals surface area (Å²) in [6, 6.07) is 10.6. The van der Waals surface area contributed by atoms with Crippen LogP contribution in [0.3, 0.4) is 0 Å². The van der Waals surface area contributed by atoms with Gasteiger partial charge in [0.15, 0.2) is 0 Å². The first-order valence-corrected chi connectivity index (χ1v) is 14.0. The highest BCUT2D eigenvalue weighted by atomic mass is 33.1. The zero-order chi connectivity index (χ0) is 25.3. The van der Waals surface area contributed by atoms with Gasteiger partial charge in [-0.15, -0.1) is 0 Å². The number of rotatable bonds is 15. The van der Waals surface area contributed by atoms with E-state index in [1.807, 2.05) is 45.2 Å². The van der Waals surface area contributed by atoms with E-state index in [9.17, 15) is 9.59 Å². The molecule has 0 aromatic heterocycles. The maximum absolute atomic E-state index is 12.7. The van der Waals surface area contributed by atoms with Gasteiger partial charge in [0.25, 0.3) is 11.8 Å². The fourth-order valence-corrected chi connectivity index (χ4v) is 4.56. The van der Waals surface area contributed by atoms with Crippen molar-refractivity contribution in [1.29, 1.82) is 0 Å². The van der Waals surface area contributed by atoms with Gasteiger partial charge in [0.05, 0.1) is 13.2 Å². The quantitative estimate of drug-likeness (QED) is 0.122. The molecule has 2 N–H and O–H groups in total. The Balaban J connectivity index is 2.54. The number of likely N-dealkylation sites (N-methyl/N-ethyl adjacent to an activating group) is 1. The molecule has 7 nitrogen and oxygen atoms in total. The maximum atomic E-state index is 12.7. The van der Waals surface area contributed by atoms with Gasteiger partial charge < -0.3 is 19.7 Å². The first kappa shape index (κ1) is 30.3. The smallest absolute Gasteiger partial charge is 0.257 e. The van der Waals surface area contributed by atoms with Gasteiger partial charge in [0.1, 0.15) is 12.0 Å². The van der Waals surface area contributed by atoms with Crippen LogP contribution in [-0.2, 0) is 14.3 Å². The lowest BCUT2D eigenvalue weighted by Gasteiger charge is -2.20. The Morgan fingerprint density at radius 1 is 1.12 bits per heavy atom. The number of amides is 2. The number of nitrogens with one attached hydrogen (secondary N) is 2. The predicted octanol–water partition coefficient (Wildman–Crippen LogP) is 3.92. The van der Waals surface area contributed by atoms with Crippen LogP contribution in [0.25, 0.3) is 0 Å². The fourth-order valence-electron chi connectivity index (χ4n) is 2.60. The molecule has 0 bridgehead atoms. The number of carbonyl (C=O) groups excluding carboxylic acids is 2. The van der Waals surface area contributed by atoms with Crippen molar-refractivity contribution in [3.8, 4) is 12.0 Å². The average Bonchev–Trinajstić information content (AvgIpc) is 2.80. The van der Waals surface area contributed by atoms with Crippen LogP contribution in [0.4, 0.5) is 0 Å². The first-order chi connectivity index (χ1) is 16.2. The van der Waals surface area contributed by atoms with Gasteiger partial charge in [0, 0.05) is 49.5 Å². The first-order valence-electron chi connectivity index (χ1n) is 11.6. The van der Waals surface area contributed by atoms with Gasteiger partial charge in [-0.25, -0.2) is 0 Å². The Labute approximate surface area is 212 Å². The number of carbonyl (C=O) groups is 2. The van der Waals surface area contributed by atoms with Crippen LogP contribution in [0.2, 0.25) is 0 Å². The van der Waals surface area contributed by atoms with E-state index in [4.69, 9.17) is 9.47 Å². The van der Waals surface area contributed by atoms with E-state index in [0.717, 1.165) is 17.9 Å². The molecule has 1 aromatic rings. The SMILES string of the molecule is CCSSC(OCCOCC(=O)NC#CC(C)C)c1ccc(C(=O)N(C)CCNC(C)C)cc1. The van der Waals surface area contributed by atoms with E-state index in [-0.39, 0.29) is 29.8 Å². The van der Waals surface area contributed by atoms with E-state index >= 15 is 0 Å². The van der Waals surface area contributed by atoms with Crippen molar-refractivity contribution in [3.63, 3.8) is 0 Å². The minimum absolute atomic E-state index is 0.00470. The Morgan fingerprint density at radius 3 is 2.44 bits per heavy atom. The molecule has 1 unspecified atom stereocenters. The zero-order valence-corrected chi connectivity index (χ0v) is 22.8. The van der Waals surface area contributed by atoms with Gasteiger partial charge in [-0.3, -0.25) is 14.9 Å². The number of hydrogen-bond donors (Lipinski definition) is 2. The molecule has 0 aliphatic rings. The van der Waals surface area contributed by atoms with Crippen LogP contribution in [0.15, 0.2) is 24.3 Å². The van der Waals surface area contributed by atoms with Crippen molar-refractivity contribution in [2.24, 2.45) is 5.92 Å². The standard InChI is InChI=1S/C25H39N3O4S2/c1-7-33-34-25(32-17-16-31-18-23(29)27-13-12-19(2)3)22-10-8-21(9-11-22)24(30)28(6)15-14-26-20(4)5/h8-11,19-20,25-26H,7,14-18H2,1-6H3,(H,27,29). The summed E-state index contributed by atoms with van der Waals surface area (Å²) in [4.78, 5) is 26.1. The highest BCUT2D eigenvalue weighted by molar-refractivity contribution is 8.76. The Kier molecular flexibility index (Phi) is 15.8. The molecule has 1 rings (SSSR count). The molecule has 9 heteroatoms. The summed E-state index contributed by atoms with van der Waals surface area (Å²) in [5.74, 6) is 3.74. The van der Waals surface area contributed by atoms with Crippen molar-refractivity contribution >= 4 is 33.4 Å². The minimum Gasteiger partial charge on any atom is -0.369 e. The molecule has 0 aliphatic carbocycles. The third kappa shape index (κ3) is 13.3. The summed E-state index contributed by atoms with van der Waals surface area (Å²) >= 11 is 0. The Hall–Kier alpha value is -1.70. The van der Waals surface area contributed by atoms with Crippen LogP contribution in [0.1, 0.15) is 56.0 Å². The molecule has 0 saturated heterocycles. The Bertz CT molecular complexity index is 792. The van der Waals surface area contributed by atoms with Crippen molar-refractivity contribution in [1.82, 2.24) is 15.5 Å². The second-order valence-electron chi connectivity index (χ2n) is 8.19. The molecule has 0 heterocycles. The number of ether oxygens (including phenoxy) is 2. The Morgan fingerprint density at radius 2 is 1.82 bits per heavy atom. The monoisotopic (exact) mass is 509 g/mol. The van der Waals surface area contributed by atoms with Crippen LogP contribution >= 0.6 is 21.6 Å². The van der Waals surface area contributed by atoms with Crippen molar-refractivity contribution in [3.05, 3.63) is 35.4 Å². The van der Waals surface area contributed by atoms with Crippen LogP contribution in [-0.4, -0.2) is 68.5 Å². The summed E-state index contributed by atoms with van der Waals surface area (Å²) in [7, 11) is 5.15. The lowest BCUT2D eigenvalue weighted by molar-refractivity contribution is -0.125. The largest absolute Gasteiger partial charge is 0.369 e. The molecule has 0 spiro atoms. The summed E-state index contributed by atoms with van der Waals surface area (Å²) in [5, 5.41) is 5.82. The highest BCUT2D eigenvalue weighted by Crippen LogP contribution is 2.38. The molecular formula is C25H39N3O4S2. The number of hydrogen-bond acceptors (Lipinski definition) is 7. The van der Waals surface area contributed by atoms with Crippen molar-refractivity contribution in [2.45, 2.75) is 46.1 Å². The van der Waals surface area contributed by atoms with Gasteiger partial charge in [-0.05, 0) is 17.7 Å². The van der Waals surface area contributed by atoms with E-state index in [0.29, 0.717) is 31.4 Å². The lowest BCUT2D eigenvalue weighted by Crippen LogP contribution is -2.36. The molecule has 0 fully saturated rings. The maximum Gasteiger partial charge on any atom is 0.257 e. The van der Waals surface area contributed by atoms with E-state index in [2.05, 4.69) is 43.4 Å². The zero-order valence-electron chi connectivity index (χ0n) is 21.2. The van der Waals surface area contributed by atoms with Crippen LogP contribution in [0.5, 0.6) is 0 Å². The van der Waals surface area contributed by atoms with E-state index < -0.39 is 0 Å². The summed E-state index contributed by atoms with van der Waals surface area (Å²) < 4.78 is 11.4. The molecule has 1 aromatic carbocycles. The highest BCUT2D eigenvalue weighted by Gasteiger charge is 2.16. The van der Waals surface area contributed by atoms with Gasteiger partial charge >= 0.3 is 0 Å². The average molecular weight is 510 g/mol. The predicted molar refractivity (Wildman–Crippen MR) is 143 cm³/mol. The summed E-state index contributed by atoms with van der Waals surface area (Å²) in [5.41, 5.74) is 1.43. The van der Waals surface area contributed by atoms with E-state index in [1.165, 1.54) is 0 Å². The second-order valence-corrected chi connectivity index (χ2v) is 10.9. The van der Waals surface area contributed by atoms with Gasteiger partial charge in [-0.2, -0.15) is 0 Å². The molecule has 190 valence electrons. The molecule has 0 aliphatic heterocycles. The summed E-state index contributed by atoms with van der Waals surface area (Å²) in [6.07, 6.45) is 0. The molecule has 34 heavy (non-hydrogen) atoms. The van der Waals surface area contributed by atoms with E-state index in [1.54, 1.807) is 26.5 Å². The fraction of sp³-hybridized carbons (Fsp3) is 0.600. The van der Waals surface area contributed by atoms with Gasteiger partial charge in [-0.1, -0.05) is 74.3 Å². The molecule has 2 amide bonds. The molecular weight excluding hydrogens is 470 g/mol. The molecule has 1 atom stereocenters. The number of benzene rings is 1. The third-order valence-electron chi connectivity index (χ3n) is 4.34. The van der Waals surface area contributed by atoms with Crippen molar-refractivity contribution in [2.75, 3.05) is 45.7 Å².